The van der Waals surface area contributed by atoms with Crippen LogP contribution in [-0.4, -0.2) is 47.2 Å². The van der Waals surface area contributed by atoms with Crippen LogP contribution in [-0.2, 0) is 6.42 Å². The lowest BCUT2D eigenvalue weighted by molar-refractivity contribution is 0.0746. The second kappa shape index (κ2) is 8.43. The Kier molecular flexibility index (Phi) is 5.56. The Balaban J connectivity index is 1.38. The molecule has 1 amide bonds. The molecule has 2 aromatic carbocycles. The van der Waals surface area contributed by atoms with Gasteiger partial charge in [-0.05, 0) is 43.2 Å². The maximum absolute atomic E-state index is 12.7. The van der Waals surface area contributed by atoms with Gasteiger partial charge in [0.2, 0.25) is 0 Å². The SMILES string of the molecule is CCc1ccc(-c2ccc(N3CCN(C(=O)c4cccc(C)c4)CC3)nn2)cc1. The van der Waals surface area contributed by atoms with Gasteiger partial charge < -0.3 is 9.80 Å². The number of carbonyl (C=O) groups is 1. The Morgan fingerprint density at radius 3 is 2.31 bits per heavy atom. The zero-order valence-electron chi connectivity index (χ0n) is 17.0. The summed E-state index contributed by atoms with van der Waals surface area (Å²) in [5.74, 6) is 0.965. The van der Waals surface area contributed by atoms with Crippen molar-refractivity contribution in [3.05, 3.63) is 77.4 Å². The largest absolute Gasteiger partial charge is 0.352 e. The molecule has 1 aliphatic rings. The predicted octanol–water partition coefficient (Wildman–Crippen LogP) is 3.98. The highest BCUT2D eigenvalue weighted by Gasteiger charge is 2.23. The number of nitrogens with zero attached hydrogens (tertiary/aromatic N) is 4. The molecule has 5 nitrogen and oxygen atoms in total. The average molecular weight is 386 g/mol. The zero-order valence-corrected chi connectivity index (χ0v) is 17.0. The van der Waals surface area contributed by atoms with E-state index in [2.05, 4.69) is 46.3 Å². The van der Waals surface area contributed by atoms with Crippen LogP contribution < -0.4 is 4.90 Å². The van der Waals surface area contributed by atoms with E-state index in [1.165, 1.54) is 5.56 Å². The molecule has 0 spiro atoms. The summed E-state index contributed by atoms with van der Waals surface area (Å²) in [7, 11) is 0. The van der Waals surface area contributed by atoms with E-state index < -0.39 is 0 Å². The van der Waals surface area contributed by atoms with Crippen LogP contribution in [0.2, 0.25) is 0 Å². The molecule has 0 radical (unpaired) electrons. The fraction of sp³-hybridized carbons (Fsp3) is 0.292. The minimum Gasteiger partial charge on any atom is -0.352 e. The van der Waals surface area contributed by atoms with E-state index in [0.29, 0.717) is 13.1 Å². The molecule has 3 aromatic rings. The highest BCUT2D eigenvalue weighted by molar-refractivity contribution is 5.94. The van der Waals surface area contributed by atoms with Gasteiger partial charge in [0.1, 0.15) is 0 Å². The van der Waals surface area contributed by atoms with Crippen LogP contribution in [0, 0.1) is 6.92 Å². The normalized spacial score (nSPS) is 14.1. The fourth-order valence-electron chi connectivity index (χ4n) is 3.66. The quantitative estimate of drug-likeness (QED) is 0.681. The molecule has 0 unspecified atom stereocenters. The van der Waals surface area contributed by atoms with Gasteiger partial charge in [0.05, 0.1) is 5.69 Å². The first-order valence-electron chi connectivity index (χ1n) is 10.2. The van der Waals surface area contributed by atoms with Crippen molar-refractivity contribution in [1.82, 2.24) is 15.1 Å². The van der Waals surface area contributed by atoms with E-state index in [1.807, 2.05) is 48.2 Å². The molecular formula is C24H26N4O. The van der Waals surface area contributed by atoms with E-state index in [0.717, 1.165) is 47.7 Å². The van der Waals surface area contributed by atoms with Crippen LogP contribution >= 0.6 is 0 Å². The van der Waals surface area contributed by atoms with Crippen molar-refractivity contribution in [1.29, 1.82) is 0 Å². The fourth-order valence-corrected chi connectivity index (χ4v) is 3.66. The van der Waals surface area contributed by atoms with Crippen LogP contribution in [0.25, 0.3) is 11.3 Å². The Morgan fingerprint density at radius 2 is 1.69 bits per heavy atom. The molecule has 0 bridgehead atoms. The van der Waals surface area contributed by atoms with Crippen molar-refractivity contribution in [3.8, 4) is 11.3 Å². The maximum Gasteiger partial charge on any atom is 0.253 e. The van der Waals surface area contributed by atoms with Gasteiger partial charge in [-0.25, -0.2) is 0 Å². The van der Waals surface area contributed by atoms with E-state index in [4.69, 9.17) is 0 Å². The molecule has 148 valence electrons. The van der Waals surface area contributed by atoms with E-state index in [-0.39, 0.29) is 5.91 Å². The molecule has 0 aliphatic carbocycles. The maximum atomic E-state index is 12.7. The first kappa shape index (κ1) is 19.1. The molecule has 4 rings (SSSR count). The van der Waals surface area contributed by atoms with Gasteiger partial charge in [-0.1, -0.05) is 48.9 Å². The standard InChI is InChI=1S/C24H26N4O/c1-3-19-7-9-20(10-8-19)22-11-12-23(26-25-22)27-13-15-28(16-14-27)24(29)21-6-4-5-18(2)17-21/h4-12,17H,3,13-16H2,1-2H3. The summed E-state index contributed by atoms with van der Waals surface area (Å²) in [4.78, 5) is 16.8. The van der Waals surface area contributed by atoms with Gasteiger partial charge in [0, 0.05) is 37.3 Å². The smallest absolute Gasteiger partial charge is 0.253 e. The predicted molar refractivity (Wildman–Crippen MR) is 116 cm³/mol. The van der Waals surface area contributed by atoms with Gasteiger partial charge in [-0.2, -0.15) is 0 Å². The number of rotatable bonds is 4. The Labute approximate surface area is 172 Å². The topological polar surface area (TPSA) is 49.3 Å². The van der Waals surface area contributed by atoms with Crippen molar-refractivity contribution in [2.75, 3.05) is 31.1 Å². The number of aryl methyl sites for hydroxylation is 2. The average Bonchev–Trinajstić information content (AvgIpc) is 2.79. The first-order chi connectivity index (χ1) is 14.1. The molecule has 1 fully saturated rings. The van der Waals surface area contributed by atoms with Crippen LogP contribution in [0.3, 0.4) is 0 Å². The Hall–Kier alpha value is -3.21. The molecule has 1 saturated heterocycles. The molecule has 0 saturated carbocycles. The third-order valence-electron chi connectivity index (χ3n) is 5.46. The molecule has 1 aromatic heterocycles. The lowest BCUT2D eigenvalue weighted by atomic mass is 10.1. The zero-order chi connectivity index (χ0) is 20.2. The van der Waals surface area contributed by atoms with Crippen LogP contribution in [0.5, 0.6) is 0 Å². The van der Waals surface area contributed by atoms with Gasteiger partial charge in [0.15, 0.2) is 5.82 Å². The summed E-state index contributed by atoms with van der Waals surface area (Å²) in [6.45, 7) is 7.06. The summed E-state index contributed by atoms with van der Waals surface area (Å²) in [6.07, 6.45) is 1.03. The third kappa shape index (κ3) is 4.29. The van der Waals surface area contributed by atoms with Crippen molar-refractivity contribution in [2.24, 2.45) is 0 Å². The minimum atomic E-state index is 0.102. The highest BCUT2D eigenvalue weighted by atomic mass is 16.2. The van der Waals surface area contributed by atoms with Gasteiger partial charge >= 0.3 is 0 Å². The van der Waals surface area contributed by atoms with Crippen molar-refractivity contribution in [2.45, 2.75) is 20.3 Å². The Bertz CT molecular complexity index is 975. The van der Waals surface area contributed by atoms with E-state index >= 15 is 0 Å². The molecule has 29 heavy (non-hydrogen) atoms. The third-order valence-corrected chi connectivity index (χ3v) is 5.46. The summed E-state index contributed by atoms with van der Waals surface area (Å²) in [5, 5.41) is 8.85. The first-order valence-corrected chi connectivity index (χ1v) is 10.2. The number of anilines is 1. The number of hydrogen-bond acceptors (Lipinski definition) is 4. The van der Waals surface area contributed by atoms with Crippen LogP contribution in [0.15, 0.2) is 60.7 Å². The molecule has 5 heteroatoms. The molecule has 0 atom stereocenters. The van der Waals surface area contributed by atoms with Crippen LogP contribution in [0.4, 0.5) is 5.82 Å². The second-order valence-electron chi connectivity index (χ2n) is 7.48. The second-order valence-corrected chi connectivity index (χ2v) is 7.48. The molecule has 1 aliphatic heterocycles. The monoisotopic (exact) mass is 386 g/mol. The number of hydrogen-bond donors (Lipinski definition) is 0. The number of aromatic nitrogens is 2. The number of amides is 1. The number of carbonyl (C=O) groups excluding carboxylic acids is 1. The lowest BCUT2D eigenvalue weighted by Gasteiger charge is -2.35. The van der Waals surface area contributed by atoms with Gasteiger partial charge in [0.25, 0.3) is 5.91 Å². The number of piperazine rings is 1. The van der Waals surface area contributed by atoms with Crippen molar-refractivity contribution in [3.63, 3.8) is 0 Å². The van der Waals surface area contributed by atoms with Crippen molar-refractivity contribution >= 4 is 11.7 Å². The summed E-state index contributed by atoms with van der Waals surface area (Å²) in [5.41, 5.74) is 5.14. The molecule has 2 heterocycles. The summed E-state index contributed by atoms with van der Waals surface area (Å²) < 4.78 is 0. The molecular weight excluding hydrogens is 360 g/mol. The highest BCUT2D eigenvalue weighted by Crippen LogP contribution is 2.20. The lowest BCUT2D eigenvalue weighted by Crippen LogP contribution is -2.49. The van der Waals surface area contributed by atoms with Crippen LogP contribution in [0.1, 0.15) is 28.4 Å². The van der Waals surface area contributed by atoms with Crippen molar-refractivity contribution < 1.29 is 4.79 Å². The van der Waals surface area contributed by atoms with Gasteiger partial charge in [-0.3, -0.25) is 4.79 Å². The molecule has 0 N–H and O–H groups in total. The minimum absolute atomic E-state index is 0.102. The van der Waals surface area contributed by atoms with E-state index in [1.54, 1.807) is 0 Å². The van der Waals surface area contributed by atoms with E-state index in [9.17, 15) is 4.79 Å². The number of benzene rings is 2. The summed E-state index contributed by atoms with van der Waals surface area (Å²) in [6, 6.07) is 20.3. The van der Waals surface area contributed by atoms with Gasteiger partial charge in [-0.15, -0.1) is 10.2 Å². The Morgan fingerprint density at radius 1 is 0.931 bits per heavy atom. The summed E-state index contributed by atoms with van der Waals surface area (Å²) >= 11 is 0.